The van der Waals surface area contributed by atoms with E-state index in [0.717, 1.165) is 31.4 Å². The van der Waals surface area contributed by atoms with Gasteiger partial charge in [0.05, 0.1) is 5.92 Å². The molecule has 0 spiro atoms. The molecule has 0 aromatic heterocycles. The molecule has 2 aromatic rings. The Hall–Kier alpha value is -2.89. The van der Waals surface area contributed by atoms with Crippen LogP contribution in [0.15, 0.2) is 42.5 Å². The summed E-state index contributed by atoms with van der Waals surface area (Å²) < 4.78 is 13.0. The third-order valence-corrected chi connectivity index (χ3v) is 5.54. The molecule has 3 amide bonds. The Morgan fingerprint density at radius 1 is 0.929 bits per heavy atom. The molecular weight excluding hydrogens is 357 g/mol. The fraction of sp³-hybridized carbons (Fsp3) is 0.364. The summed E-state index contributed by atoms with van der Waals surface area (Å²) in [5.74, 6) is -0.627. The molecule has 1 heterocycles. The van der Waals surface area contributed by atoms with Gasteiger partial charge in [-0.2, -0.15) is 0 Å². The first-order valence-corrected chi connectivity index (χ1v) is 9.82. The lowest BCUT2D eigenvalue weighted by atomic mass is 9.97. The highest BCUT2D eigenvalue weighted by atomic mass is 19.1. The van der Waals surface area contributed by atoms with Crippen LogP contribution in [0, 0.1) is 11.7 Å². The molecule has 1 atom stereocenters. The van der Waals surface area contributed by atoms with Crippen LogP contribution in [0.25, 0.3) is 0 Å². The second kappa shape index (κ2) is 8.00. The van der Waals surface area contributed by atoms with Crippen molar-refractivity contribution in [3.63, 3.8) is 0 Å². The average molecular weight is 381 g/mol. The first-order chi connectivity index (χ1) is 13.6. The second-order valence-corrected chi connectivity index (χ2v) is 7.55. The number of piperidine rings is 1. The zero-order chi connectivity index (χ0) is 19.5. The topological polar surface area (TPSA) is 61.4 Å². The van der Waals surface area contributed by atoms with Crippen molar-refractivity contribution in [3.05, 3.63) is 59.4 Å². The van der Waals surface area contributed by atoms with Crippen molar-refractivity contribution in [2.45, 2.75) is 32.1 Å². The Labute approximate surface area is 163 Å². The first-order valence-electron chi connectivity index (χ1n) is 9.82. The van der Waals surface area contributed by atoms with Crippen molar-refractivity contribution in [2.24, 2.45) is 5.92 Å². The molecular formula is C22H24FN3O2. The number of urea groups is 1. The predicted octanol–water partition coefficient (Wildman–Crippen LogP) is 4.20. The van der Waals surface area contributed by atoms with E-state index >= 15 is 0 Å². The number of halogens is 1. The molecule has 1 saturated heterocycles. The maximum Gasteiger partial charge on any atom is 0.321 e. The zero-order valence-electron chi connectivity index (χ0n) is 15.7. The zero-order valence-corrected chi connectivity index (χ0v) is 15.7. The van der Waals surface area contributed by atoms with Crippen molar-refractivity contribution >= 4 is 23.3 Å². The van der Waals surface area contributed by atoms with Crippen LogP contribution in [0.4, 0.5) is 20.6 Å². The van der Waals surface area contributed by atoms with E-state index in [2.05, 4.69) is 22.8 Å². The number of nitrogens with zero attached hydrogens (tertiary/aromatic N) is 1. The molecule has 146 valence electrons. The monoisotopic (exact) mass is 381 g/mol. The Balaban J connectivity index is 1.35. The summed E-state index contributed by atoms with van der Waals surface area (Å²) in [6.07, 6.45) is 4.90. The number of nitrogens with one attached hydrogen (secondary N) is 2. The number of fused-ring (bicyclic) bond motifs is 1. The van der Waals surface area contributed by atoms with E-state index in [1.54, 1.807) is 4.90 Å². The van der Waals surface area contributed by atoms with E-state index in [0.29, 0.717) is 18.8 Å². The number of benzene rings is 2. The van der Waals surface area contributed by atoms with Crippen LogP contribution in [0.3, 0.4) is 0 Å². The summed E-state index contributed by atoms with van der Waals surface area (Å²) >= 11 is 0. The molecule has 0 unspecified atom stereocenters. The van der Waals surface area contributed by atoms with Gasteiger partial charge in [0.15, 0.2) is 0 Å². The van der Waals surface area contributed by atoms with Crippen molar-refractivity contribution < 1.29 is 14.0 Å². The van der Waals surface area contributed by atoms with Crippen LogP contribution in [-0.4, -0.2) is 29.9 Å². The Morgan fingerprint density at radius 3 is 2.50 bits per heavy atom. The van der Waals surface area contributed by atoms with Gasteiger partial charge in [0.25, 0.3) is 0 Å². The van der Waals surface area contributed by atoms with E-state index < -0.39 is 0 Å². The highest BCUT2D eigenvalue weighted by molar-refractivity contribution is 5.94. The lowest BCUT2D eigenvalue weighted by Crippen LogP contribution is -2.45. The third kappa shape index (κ3) is 4.16. The molecule has 5 nitrogen and oxygen atoms in total. The van der Waals surface area contributed by atoms with Crippen LogP contribution in [-0.2, 0) is 17.6 Å². The summed E-state index contributed by atoms with van der Waals surface area (Å²) in [6, 6.07) is 11.5. The Kier molecular flexibility index (Phi) is 5.28. The lowest BCUT2D eigenvalue weighted by molar-refractivity contribution is -0.121. The number of rotatable bonds is 3. The normalized spacial score (nSPS) is 18.5. The summed E-state index contributed by atoms with van der Waals surface area (Å²) in [6.45, 7) is 0.986. The standard InChI is InChI=1S/C22H24FN3O2/c23-18-7-10-19(11-8-18)25-22(28)26-12-2-5-17(14-26)21(27)24-20-9-6-15-3-1-4-16(15)13-20/h6-11,13,17H,1-5,12,14H2,(H,24,27)(H,25,28)/t17-/m0/s1. The number of likely N-dealkylation sites (tertiary alicyclic amines) is 1. The maximum absolute atomic E-state index is 13.0. The number of hydrogen-bond donors (Lipinski definition) is 2. The molecule has 2 N–H and O–H groups in total. The number of carbonyl (C=O) groups excluding carboxylic acids is 2. The van der Waals surface area contributed by atoms with Gasteiger partial charge in [-0.25, -0.2) is 9.18 Å². The highest BCUT2D eigenvalue weighted by Crippen LogP contribution is 2.26. The molecule has 0 bridgehead atoms. The lowest BCUT2D eigenvalue weighted by Gasteiger charge is -2.32. The molecule has 2 aliphatic rings. The van der Waals surface area contributed by atoms with Crippen LogP contribution < -0.4 is 10.6 Å². The molecule has 1 aliphatic carbocycles. The average Bonchev–Trinajstić information content (AvgIpc) is 3.17. The minimum Gasteiger partial charge on any atom is -0.326 e. The first kappa shape index (κ1) is 18.5. The largest absolute Gasteiger partial charge is 0.326 e. The fourth-order valence-electron chi connectivity index (χ4n) is 4.01. The Morgan fingerprint density at radius 2 is 1.68 bits per heavy atom. The van der Waals surface area contributed by atoms with E-state index in [9.17, 15) is 14.0 Å². The summed E-state index contributed by atoms with van der Waals surface area (Å²) in [4.78, 5) is 26.9. The SMILES string of the molecule is O=C(Nc1ccc2c(c1)CCC2)[C@H]1CCCN(C(=O)Nc2ccc(F)cc2)C1. The van der Waals surface area contributed by atoms with Gasteiger partial charge in [0, 0.05) is 24.5 Å². The molecule has 0 radical (unpaired) electrons. The summed E-state index contributed by atoms with van der Waals surface area (Å²) in [5, 5.41) is 5.78. The molecule has 2 aromatic carbocycles. The molecule has 6 heteroatoms. The smallest absolute Gasteiger partial charge is 0.321 e. The van der Waals surface area contributed by atoms with E-state index in [4.69, 9.17) is 0 Å². The van der Waals surface area contributed by atoms with E-state index in [1.807, 2.05) is 6.07 Å². The minimum atomic E-state index is -0.348. The van der Waals surface area contributed by atoms with Gasteiger partial charge in [0.2, 0.25) is 5.91 Å². The number of anilines is 2. The molecule has 1 fully saturated rings. The van der Waals surface area contributed by atoms with Gasteiger partial charge in [-0.1, -0.05) is 6.07 Å². The minimum absolute atomic E-state index is 0.0442. The second-order valence-electron chi connectivity index (χ2n) is 7.55. The number of hydrogen-bond acceptors (Lipinski definition) is 2. The molecule has 0 saturated carbocycles. The third-order valence-electron chi connectivity index (χ3n) is 5.54. The van der Waals surface area contributed by atoms with E-state index in [1.165, 1.54) is 41.8 Å². The van der Waals surface area contributed by atoms with Crippen molar-refractivity contribution in [1.29, 1.82) is 0 Å². The predicted molar refractivity (Wildman–Crippen MR) is 107 cm³/mol. The van der Waals surface area contributed by atoms with Crippen LogP contribution >= 0.6 is 0 Å². The van der Waals surface area contributed by atoms with Gasteiger partial charge in [-0.15, -0.1) is 0 Å². The number of carbonyl (C=O) groups is 2. The van der Waals surface area contributed by atoms with Gasteiger partial charge in [-0.3, -0.25) is 4.79 Å². The summed E-state index contributed by atoms with van der Waals surface area (Å²) in [5.41, 5.74) is 4.07. The van der Waals surface area contributed by atoms with Gasteiger partial charge < -0.3 is 15.5 Å². The van der Waals surface area contributed by atoms with E-state index in [-0.39, 0.29) is 23.7 Å². The van der Waals surface area contributed by atoms with Crippen molar-refractivity contribution in [3.8, 4) is 0 Å². The quantitative estimate of drug-likeness (QED) is 0.837. The van der Waals surface area contributed by atoms with Crippen LogP contribution in [0.1, 0.15) is 30.4 Å². The highest BCUT2D eigenvalue weighted by Gasteiger charge is 2.28. The van der Waals surface area contributed by atoms with Crippen LogP contribution in [0.5, 0.6) is 0 Å². The fourth-order valence-corrected chi connectivity index (χ4v) is 4.01. The number of amides is 3. The van der Waals surface area contributed by atoms with Gasteiger partial charge in [-0.05, 0) is 79.6 Å². The van der Waals surface area contributed by atoms with Crippen molar-refractivity contribution in [2.75, 3.05) is 23.7 Å². The van der Waals surface area contributed by atoms with Crippen molar-refractivity contribution in [1.82, 2.24) is 4.90 Å². The maximum atomic E-state index is 13.0. The van der Waals surface area contributed by atoms with Gasteiger partial charge >= 0.3 is 6.03 Å². The Bertz CT molecular complexity index is 882. The molecule has 4 rings (SSSR count). The molecule has 28 heavy (non-hydrogen) atoms. The number of aryl methyl sites for hydroxylation is 2. The molecule has 1 aliphatic heterocycles. The summed E-state index contributed by atoms with van der Waals surface area (Å²) in [7, 11) is 0. The van der Waals surface area contributed by atoms with Crippen LogP contribution in [0.2, 0.25) is 0 Å². The van der Waals surface area contributed by atoms with Gasteiger partial charge in [0.1, 0.15) is 5.82 Å².